The fourth-order valence-electron chi connectivity index (χ4n) is 0.966. The molecule has 1 N–H and O–H groups in total. The first-order valence-corrected chi connectivity index (χ1v) is 4.46. The highest BCUT2D eigenvalue weighted by Crippen LogP contribution is 2.10. The molecule has 0 fully saturated rings. The van der Waals surface area contributed by atoms with Gasteiger partial charge in [-0.2, -0.15) is 0 Å². The molecule has 2 heterocycles. The highest BCUT2D eigenvalue weighted by atomic mass is 79.9. The summed E-state index contributed by atoms with van der Waals surface area (Å²) in [6.45, 7) is 0. The summed E-state index contributed by atoms with van der Waals surface area (Å²) in [5.41, 5.74) is 0.827. The Kier molecular flexibility index (Phi) is 2.16. The third kappa shape index (κ3) is 1.46. The van der Waals surface area contributed by atoms with Crippen LogP contribution in [0.3, 0.4) is 0 Å². The van der Waals surface area contributed by atoms with Gasteiger partial charge >= 0.3 is 5.97 Å². The zero-order valence-electron chi connectivity index (χ0n) is 7.11. The van der Waals surface area contributed by atoms with Gasteiger partial charge in [0.05, 0.1) is 13.3 Å². The largest absolute Gasteiger partial charge is 0.463 e. The number of fused-ring (bicyclic) bond motifs is 1. The van der Waals surface area contributed by atoms with Crippen LogP contribution in [0.1, 0.15) is 10.6 Å². The summed E-state index contributed by atoms with van der Waals surface area (Å²) in [4.78, 5) is 25.7. The SMILES string of the molecule is COC(=O)c1nc2ncc(Br)nc2[nH]1. The Bertz CT molecular complexity index is 495. The fourth-order valence-corrected chi connectivity index (χ4v) is 1.25. The molecular weight excluding hydrogens is 252 g/mol. The van der Waals surface area contributed by atoms with E-state index in [1.54, 1.807) is 0 Å². The lowest BCUT2D eigenvalue weighted by molar-refractivity contribution is 0.0588. The van der Waals surface area contributed by atoms with E-state index in [0.717, 1.165) is 0 Å². The predicted molar refractivity (Wildman–Crippen MR) is 50.7 cm³/mol. The summed E-state index contributed by atoms with van der Waals surface area (Å²) in [6.07, 6.45) is 1.50. The number of imidazole rings is 1. The van der Waals surface area contributed by atoms with Crippen LogP contribution in [0.15, 0.2) is 10.8 Å². The van der Waals surface area contributed by atoms with Gasteiger partial charge in [-0.3, -0.25) is 0 Å². The topological polar surface area (TPSA) is 80.8 Å². The van der Waals surface area contributed by atoms with Gasteiger partial charge in [0.25, 0.3) is 0 Å². The van der Waals surface area contributed by atoms with Crippen LogP contribution in [0.4, 0.5) is 0 Å². The number of ether oxygens (including phenoxy) is 1. The van der Waals surface area contributed by atoms with E-state index >= 15 is 0 Å². The molecule has 0 radical (unpaired) electrons. The molecule has 7 heteroatoms. The maximum absolute atomic E-state index is 11.1. The quantitative estimate of drug-likeness (QED) is 0.767. The molecule has 0 saturated heterocycles. The van der Waals surface area contributed by atoms with Crippen molar-refractivity contribution < 1.29 is 9.53 Å². The Balaban J connectivity index is 2.56. The van der Waals surface area contributed by atoms with Gasteiger partial charge in [0.2, 0.25) is 5.82 Å². The number of rotatable bonds is 1. The maximum atomic E-state index is 11.1. The summed E-state index contributed by atoms with van der Waals surface area (Å²) in [5.74, 6) is -0.443. The van der Waals surface area contributed by atoms with Crippen LogP contribution in [0.25, 0.3) is 11.3 Å². The summed E-state index contributed by atoms with van der Waals surface area (Å²) in [5, 5.41) is 0. The van der Waals surface area contributed by atoms with Crippen LogP contribution in [-0.4, -0.2) is 33.0 Å². The molecule has 0 atom stereocenters. The van der Waals surface area contributed by atoms with E-state index in [-0.39, 0.29) is 5.82 Å². The van der Waals surface area contributed by atoms with Gasteiger partial charge in [-0.05, 0) is 15.9 Å². The molecule has 0 amide bonds. The van der Waals surface area contributed by atoms with Crippen molar-refractivity contribution in [3.05, 3.63) is 16.6 Å². The standard InChI is InChI=1S/C7H5BrN4O2/c1-14-7(13)6-11-4-5(12-6)10-3(8)2-9-4/h2H,1H3,(H,9,10,11,12). The van der Waals surface area contributed by atoms with Gasteiger partial charge in [0, 0.05) is 0 Å². The minimum atomic E-state index is -0.541. The van der Waals surface area contributed by atoms with Crippen molar-refractivity contribution in [2.24, 2.45) is 0 Å². The predicted octanol–water partition coefficient (Wildman–Crippen LogP) is 0.902. The van der Waals surface area contributed by atoms with E-state index < -0.39 is 5.97 Å². The molecule has 6 nitrogen and oxygen atoms in total. The maximum Gasteiger partial charge on any atom is 0.374 e. The van der Waals surface area contributed by atoms with Crippen LogP contribution < -0.4 is 0 Å². The molecular formula is C7H5BrN4O2. The van der Waals surface area contributed by atoms with Crippen LogP contribution >= 0.6 is 15.9 Å². The molecule has 72 valence electrons. The van der Waals surface area contributed by atoms with E-state index in [0.29, 0.717) is 15.9 Å². The van der Waals surface area contributed by atoms with Crippen LogP contribution in [0.2, 0.25) is 0 Å². The van der Waals surface area contributed by atoms with Crippen LogP contribution in [0.5, 0.6) is 0 Å². The normalized spacial score (nSPS) is 10.4. The molecule has 0 aliphatic rings. The molecule has 14 heavy (non-hydrogen) atoms. The summed E-state index contributed by atoms with van der Waals surface area (Å²) >= 11 is 3.16. The lowest BCUT2D eigenvalue weighted by atomic mass is 10.6. The summed E-state index contributed by atoms with van der Waals surface area (Å²) < 4.78 is 5.07. The number of nitrogens with zero attached hydrogens (tertiary/aromatic N) is 3. The monoisotopic (exact) mass is 256 g/mol. The number of carbonyl (C=O) groups excluding carboxylic acids is 1. The number of aromatic amines is 1. The molecule has 0 aliphatic carbocycles. The van der Waals surface area contributed by atoms with Crippen molar-refractivity contribution >= 4 is 33.2 Å². The number of carbonyl (C=O) groups is 1. The highest BCUT2D eigenvalue weighted by Gasteiger charge is 2.12. The van der Waals surface area contributed by atoms with E-state index in [2.05, 4.69) is 40.6 Å². The van der Waals surface area contributed by atoms with Gasteiger partial charge in [-0.25, -0.2) is 19.7 Å². The minimum Gasteiger partial charge on any atom is -0.463 e. The molecule has 0 aliphatic heterocycles. The molecule has 0 aromatic carbocycles. The van der Waals surface area contributed by atoms with Crippen LogP contribution in [-0.2, 0) is 4.74 Å². The van der Waals surface area contributed by atoms with Crippen molar-refractivity contribution in [1.82, 2.24) is 19.9 Å². The molecule has 2 aromatic rings. The molecule has 2 aromatic heterocycles. The van der Waals surface area contributed by atoms with Crippen LogP contribution in [0, 0.1) is 0 Å². The van der Waals surface area contributed by atoms with Gasteiger partial charge in [0.1, 0.15) is 4.60 Å². The summed E-state index contributed by atoms with van der Waals surface area (Å²) in [7, 11) is 1.28. The zero-order valence-corrected chi connectivity index (χ0v) is 8.70. The zero-order chi connectivity index (χ0) is 10.1. The lowest BCUT2D eigenvalue weighted by Crippen LogP contribution is -2.02. The van der Waals surface area contributed by atoms with Gasteiger partial charge in [-0.1, -0.05) is 0 Å². The van der Waals surface area contributed by atoms with Gasteiger partial charge in [0.15, 0.2) is 11.3 Å². The Hall–Kier alpha value is -1.50. The van der Waals surface area contributed by atoms with E-state index in [9.17, 15) is 4.79 Å². The average Bonchev–Trinajstić information content (AvgIpc) is 2.59. The van der Waals surface area contributed by atoms with Gasteiger partial charge < -0.3 is 9.72 Å². The van der Waals surface area contributed by atoms with Crippen molar-refractivity contribution in [3.63, 3.8) is 0 Å². The third-order valence-electron chi connectivity index (χ3n) is 1.56. The van der Waals surface area contributed by atoms with E-state index in [4.69, 9.17) is 0 Å². The number of esters is 1. The van der Waals surface area contributed by atoms with Crippen molar-refractivity contribution in [2.75, 3.05) is 7.11 Å². The number of halogens is 1. The van der Waals surface area contributed by atoms with Crippen molar-refractivity contribution in [2.45, 2.75) is 0 Å². The molecule has 0 saturated carbocycles. The second-order valence-corrected chi connectivity index (χ2v) is 3.25. The number of methoxy groups -OCH3 is 1. The first-order valence-electron chi connectivity index (χ1n) is 3.67. The number of hydrogen-bond donors (Lipinski definition) is 1. The van der Waals surface area contributed by atoms with Crippen molar-refractivity contribution in [1.29, 1.82) is 0 Å². The Morgan fingerprint density at radius 1 is 1.57 bits per heavy atom. The Morgan fingerprint density at radius 3 is 3.07 bits per heavy atom. The number of H-pyrrole nitrogens is 1. The van der Waals surface area contributed by atoms with Gasteiger partial charge in [-0.15, -0.1) is 0 Å². The average molecular weight is 257 g/mol. The van der Waals surface area contributed by atoms with Crippen molar-refractivity contribution in [3.8, 4) is 0 Å². The minimum absolute atomic E-state index is 0.0978. The van der Waals surface area contributed by atoms with E-state index in [1.807, 2.05) is 0 Å². The van der Waals surface area contributed by atoms with E-state index in [1.165, 1.54) is 13.3 Å². The molecule has 0 unspecified atom stereocenters. The second kappa shape index (κ2) is 3.33. The number of hydrogen-bond acceptors (Lipinski definition) is 5. The first kappa shape index (κ1) is 9.07. The summed E-state index contributed by atoms with van der Waals surface area (Å²) in [6, 6.07) is 0. The molecule has 0 spiro atoms. The first-order chi connectivity index (χ1) is 6.70. The third-order valence-corrected chi connectivity index (χ3v) is 1.94. The Labute approximate surface area is 86.9 Å². The Morgan fingerprint density at radius 2 is 2.36 bits per heavy atom. The molecule has 0 bridgehead atoms. The lowest BCUT2D eigenvalue weighted by Gasteiger charge is -1.89. The number of aromatic nitrogens is 4. The number of nitrogens with one attached hydrogen (secondary N) is 1. The molecule has 2 rings (SSSR count). The smallest absolute Gasteiger partial charge is 0.374 e. The second-order valence-electron chi connectivity index (χ2n) is 2.44. The fraction of sp³-hybridized carbons (Fsp3) is 0.143. The highest BCUT2D eigenvalue weighted by molar-refractivity contribution is 9.10.